The first kappa shape index (κ1) is 33.1. The number of benzene rings is 2. The summed E-state index contributed by atoms with van der Waals surface area (Å²) in [5.41, 5.74) is 12.4. The number of aliphatic imine (C=N–C) groups is 1. The van der Waals surface area contributed by atoms with Gasteiger partial charge < -0.3 is 21.5 Å². The van der Waals surface area contributed by atoms with Crippen LogP contribution in [-0.4, -0.2) is 61.9 Å². The van der Waals surface area contributed by atoms with Gasteiger partial charge in [-0.3, -0.25) is 14.6 Å². The first-order chi connectivity index (χ1) is 19.9. The predicted molar refractivity (Wildman–Crippen MR) is 164 cm³/mol. The summed E-state index contributed by atoms with van der Waals surface area (Å²) in [4.78, 5) is 30.2. The van der Waals surface area contributed by atoms with Crippen LogP contribution >= 0.6 is 0 Å². The predicted octanol–water partition coefficient (Wildman–Crippen LogP) is 3.60. The van der Waals surface area contributed by atoms with E-state index in [2.05, 4.69) is 9.71 Å². The molecule has 1 atom stereocenters. The highest BCUT2D eigenvalue weighted by Gasteiger charge is 2.32. The summed E-state index contributed by atoms with van der Waals surface area (Å²) in [5.74, 6) is -0.666. The number of hydrogen-bond donors (Lipinski definition) is 4. The van der Waals surface area contributed by atoms with Gasteiger partial charge in [0.05, 0.1) is 4.90 Å². The molecule has 1 heterocycles. The first-order valence-corrected chi connectivity index (χ1v) is 16.1. The number of nitrogens with zero attached hydrogens (tertiary/aromatic N) is 2. The van der Waals surface area contributed by atoms with Crippen molar-refractivity contribution in [2.45, 2.75) is 81.6 Å². The minimum atomic E-state index is -4.03. The van der Waals surface area contributed by atoms with Gasteiger partial charge in [0.2, 0.25) is 15.9 Å². The lowest BCUT2D eigenvalue weighted by molar-refractivity contribution is -0.137. The van der Waals surface area contributed by atoms with E-state index in [4.69, 9.17) is 16.6 Å². The Morgan fingerprint density at radius 3 is 2.33 bits per heavy atom. The lowest BCUT2D eigenvalue weighted by atomic mass is 9.78. The van der Waals surface area contributed by atoms with Gasteiger partial charge in [0.25, 0.3) is 0 Å². The van der Waals surface area contributed by atoms with E-state index < -0.39 is 27.4 Å². The smallest absolute Gasteiger partial charge is 0.303 e. The summed E-state index contributed by atoms with van der Waals surface area (Å²) in [7, 11) is -4.03. The molecule has 6 N–H and O–H groups in total. The maximum atomic E-state index is 13.6. The van der Waals surface area contributed by atoms with E-state index in [1.165, 1.54) is 0 Å². The number of nitrogens with two attached hydrogens (primary N) is 2. The average molecular weight is 600 g/mol. The van der Waals surface area contributed by atoms with Gasteiger partial charge in [-0.25, -0.2) is 8.42 Å². The monoisotopic (exact) mass is 599 g/mol. The summed E-state index contributed by atoms with van der Waals surface area (Å²) in [5, 5.41) is 8.84. The molecule has 0 spiro atoms. The fourth-order valence-corrected chi connectivity index (χ4v) is 6.71. The molecule has 1 saturated heterocycles. The van der Waals surface area contributed by atoms with Crippen LogP contribution in [0.4, 0.5) is 0 Å². The molecule has 11 heteroatoms. The average Bonchev–Trinajstić information content (AvgIpc) is 2.97. The van der Waals surface area contributed by atoms with Crippen LogP contribution in [0.15, 0.2) is 64.5 Å². The fraction of sp³-hybridized carbons (Fsp3) is 0.516. The number of carbonyl (C=O) groups is 2. The first-order valence-electron chi connectivity index (χ1n) is 14.6. The van der Waals surface area contributed by atoms with Crippen molar-refractivity contribution >= 4 is 27.9 Å². The van der Waals surface area contributed by atoms with Crippen LogP contribution in [0, 0.1) is 5.92 Å². The van der Waals surface area contributed by atoms with Crippen molar-refractivity contribution in [2.24, 2.45) is 22.4 Å². The molecule has 10 nitrogen and oxygen atoms in total. The maximum absolute atomic E-state index is 13.6. The second-order valence-corrected chi connectivity index (χ2v) is 13.3. The third-order valence-corrected chi connectivity index (χ3v) is 9.55. The summed E-state index contributed by atoms with van der Waals surface area (Å²) >= 11 is 0. The fourth-order valence-electron chi connectivity index (χ4n) is 5.44. The van der Waals surface area contributed by atoms with Crippen LogP contribution in [0.2, 0.25) is 0 Å². The Morgan fingerprint density at radius 2 is 1.69 bits per heavy atom. The second-order valence-electron chi connectivity index (χ2n) is 11.5. The molecule has 3 rings (SSSR count). The summed E-state index contributed by atoms with van der Waals surface area (Å²) < 4.78 is 30.0. The molecule has 0 aliphatic carbocycles. The third kappa shape index (κ3) is 9.55. The number of nitrogens with one attached hydrogen (secondary N) is 1. The number of piperidine rings is 1. The van der Waals surface area contributed by atoms with Gasteiger partial charge in [0.1, 0.15) is 6.04 Å². The Labute approximate surface area is 249 Å². The number of amides is 1. The topological polar surface area (TPSA) is 168 Å². The molecule has 2 aromatic carbocycles. The molecule has 0 saturated carbocycles. The van der Waals surface area contributed by atoms with Crippen molar-refractivity contribution in [3.05, 3.63) is 65.7 Å². The Balaban J connectivity index is 1.73. The van der Waals surface area contributed by atoms with Gasteiger partial charge in [-0.2, -0.15) is 4.72 Å². The largest absolute Gasteiger partial charge is 0.481 e. The number of sulfonamides is 1. The van der Waals surface area contributed by atoms with E-state index in [0.29, 0.717) is 31.8 Å². The van der Waals surface area contributed by atoms with E-state index in [0.717, 1.165) is 36.8 Å². The lowest BCUT2D eigenvalue weighted by Gasteiger charge is -2.34. The zero-order chi connectivity index (χ0) is 30.8. The molecule has 0 unspecified atom stereocenters. The second kappa shape index (κ2) is 15.2. The molecule has 0 aromatic heterocycles. The van der Waals surface area contributed by atoms with Crippen molar-refractivity contribution < 1.29 is 23.1 Å². The Bertz CT molecular complexity index is 1320. The van der Waals surface area contributed by atoms with E-state index in [-0.39, 0.29) is 36.1 Å². The molecular weight excluding hydrogens is 554 g/mol. The maximum Gasteiger partial charge on any atom is 0.303 e. The summed E-state index contributed by atoms with van der Waals surface area (Å²) in [6.45, 7) is 5.46. The molecule has 0 bridgehead atoms. The van der Waals surface area contributed by atoms with Crippen LogP contribution in [0.3, 0.4) is 0 Å². The zero-order valence-electron chi connectivity index (χ0n) is 24.7. The number of carboxylic acid groups (broad SMARTS) is 1. The minimum Gasteiger partial charge on any atom is -0.481 e. The number of rotatable bonds is 15. The van der Waals surface area contributed by atoms with Gasteiger partial charge in [0, 0.05) is 31.5 Å². The lowest BCUT2D eigenvalue weighted by Crippen LogP contribution is -2.50. The number of unbranched alkanes of at least 4 members (excludes halogenated alkanes) is 1. The molecule has 1 aliphatic heterocycles. The molecule has 2 aromatic rings. The van der Waals surface area contributed by atoms with Gasteiger partial charge in [-0.05, 0) is 61.3 Å². The number of hydrogen-bond acceptors (Lipinski definition) is 5. The summed E-state index contributed by atoms with van der Waals surface area (Å²) in [6.07, 6.45) is 4.89. The van der Waals surface area contributed by atoms with Crippen LogP contribution in [0.25, 0.3) is 0 Å². The van der Waals surface area contributed by atoms with Crippen LogP contribution < -0.4 is 16.2 Å². The van der Waals surface area contributed by atoms with Gasteiger partial charge in [-0.15, -0.1) is 0 Å². The molecular formula is C31H45N5O5S. The number of aliphatic carboxylic acids is 1. The molecule has 230 valence electrons. The van der Waals surface area contributed by atoms with Gasteiger partial charge in [0.15, 0.2) is 5.96 Å². The normalized spacial score (nSPS) is 15.2. The minimum absolute atomic E-state index is 0.0540. The molecule has 1 fully saturated rings. The van der Waals surface area contributed by atoms with Crippen LogP contribution in [-0.2, 0) is 25.0 Å². The number of likely N-dealkylation sites (tertiary alicyclic amines) is 1. The Morgan fingerprint density at radius 1 is 1.02 bits per heavy atom. The quantitative estimate of drug-likeness (QED) is 0.138. The Kier molecular flexibility index (Phi) is 11.9. The van der Waals surface area contributed by atoms with Crippen molar-refractivity contribution in [3.8, 4) is 0 Å². The highest BCUT2D eigenvalue weighted by Crippen LogP contribution is 2.32. The van der Waals surface area contributed by atoms with Crippen LogP contribution in [0.1, 0.15) is 76.3 Å². The van der Waals surface area contributed by atoms with E-state index in [1.807, 2.05) is 50.2 Å². The molecule has 1 amide bonds. The highest BCUT2D eigenvalue weighted by molar-refractivity contribution is 7.89. The van der Waals surface area contributed by atoms with Crippen molar-refractivity contribution in [1.82, 2.24) is 9.62 Å². The molecule has 0 radical (unpaired) electrons. The zero-order valence-corrected chi connectivity index (χ0v) is 25.5. The molecule has 42 heavy (non-hydrogen) atoms. The van der Waals surface area contributed by atoms with Gasteiger partial charge >= 0.3 is 5.97 Å². The summed E-state index contributed by atoms with van der Waals surface area (Å²) in [6, 6.07) is 15.8. The van der Waals surface area contributed by atoms with Crippen LogP contribution in [0.5, 0.6) is 0 Å². The van der Waals surface area contributed by atoms with Gasteiger partial charge in [-0.1, -0.05) is 69.2 Å². The van der Waals surface area contributed by atoms with E-state index in [9.17, 15) is 18.0 Å². The highest BCUT2D eigenvalue weighted by atomic mass is 32.2. The standard InChI is InChI=1S/C31H45N5O5S/c1-31(2,24-11-4-3-5-12-24)25-13-8-14-26(22-25)42(40,41)35-27(15-9-19-34-30(32)33)29(39)36-20-17-23(18-21-36)10-6-7-16-28(37)38/h3-5,8,11-14,22-23,27,35H,6-7,9-10,15-21H2,1-2H3,(H,37,38)(H4,32,33,34)/t27-/m0/s1. The van der Waals surface area contributed by atoms with Crippen molar-refractivity contribution in [3.63, 3.8) is 0 Å². The van der Waals surface area contributed by atoms with E-state index >= 15 is 0 Å². The number of carbonyl (C=O) groups excluding carboxylic acids is 1. The Hall–Kier alpha value is -3.44. The number of carboxylic acids is 1. The third-order valence-electron chi connectivity index (χ3n) is 8.08. The SMILES string of the molecule is CC(C)(c1ccccc1)c1cccc(S(=O)(=O)N[C@@H](CCCN=C(N)N)C(=O)N2CCC(CCCCC(=O)O)CC2)c1. The van der Waals surface area contributed by atoms with E-state index in [1.54, 1.807) is 23.1 Å². The van der Waals surface area contributed by atoms with Crippen molar-refractivity contribution in [1.29, 1.82) is 0 Å². The van der Waals surface area contributed by atoms with Crippen molar-refractivity contribution in [2.75, 3.05) is 19.6 Å². The number of guanidine groups is 1. The molecule has 1 aliphatic rings.